The topological polar surface area (TPSA) is 122 Å². The lowest BCUT2D eigenvalue weighted by atomic mass is 10.0. The molecule has 2 aromatic carbocycles. The van der Waals surface area contributed by atoms with Crippen LogP contribution in [0.25, 0.3) is 22.0 Å². The molecule has 35 heavy (non-hydrogen) atoms. The lowest BCUT2D eigenvalue weighted by Crippen LogP contribution is -2.43. The maximum Gasteiger partial charge on any atom is 0.329 e. The second-order valence-electron chi connectivity index (χ2n) is 8.71. The maximum atomic E-state index is 13.5. The summed E-state index contributed by atoms with van der Waals surface area (Å²) in [6.45, 7) is 0.342. The highest BCUT2D eigenvalue weighted by molar-refractivity contribution is 6.03. The smallest absolute Gasteiger partial charge is 0.329 e. The number of hydrogen-bond donors (Lipinski definition) is 3. The summed E-state index contributed by atoms with van der Waals surface area (Å²) < 4.78 is 1.55. The van der Waals surface area contributed by atoms with Gasteiger partial charge >= 0.3 is 5.97 Å². The molecule has 0 radical (unpaired) electrons. The summed E-state index contributed by atoms with van der Waals surface area (Å²) in [5.41, 5.74) is 0.664. The molecule has 0 saturated heterocycles. The Bertz CT molecular complexity index is 1490. The monoisotopic (exact) mass is 469 g/mol. The van der Waals surface area contributed by atoms with Crippen LogP contribution in [0.5, 0.6) is 5.75 Å². The van der Waals surface area contributed by atoms with Crippen molar-refractivity contribution < 1.29 is 19.8 Å². The van der Waals surface area contributed by atoms with Crippen LogP contribution >= 0.6 is 0 Å². The Morgan fingerprint density at radius 1 is 1.03 bits per heavy atom. The first-order valence-corrected chi connectivity index (χ1v) is 11.3. The zero-order valence-corrected chi connectivity index (χ0v) is 18.8. The van der Waals surface area contributed by atoms with Crippen LogP contribution in [0.3, 0.4) is 0 Å². The summed E-state index contributed by atoms with van der Waals surface area (Å²) >= 11 is 0. The van der Waals surface area contributed by atoms with Crippen LogP contribution < -0.4 is 10.9 Å². The van der Waals surface area contributed by atoms with Gasteiger partial charge in [-0.2, -0.15) is 0 Å². The molecular formula is C27H23N3O5. The number of nitrogens with zero attached hydrogens (tertiary/aromatic N) is 2. The van der Waals surface area contributed by atoms with E-state index in [1.165, 1.54) is 6.20 Å². The first-order valence-electron chi connectivity index (χ1n) is 11.3. The molecule has 2 aromatic heterocycles. The summed E-state index contributed by atoms with van der Waals surface area (Å²) in [5.74, 6) is -2.29. The predicted molar refractivity (Wildman–Crippen MR) is 130 cm³/mol. The fourth-order valence-corrected chi connectivity index (χ4v) is 4.22. The van der Waals surface area contributed by atoms with Gasteiger partial charge in [0.1, 0.15) is 5.54 Å². The van der Waals surface area contributed by atoms with E-state index in [1.54, 1.807) is 22.8 Å². The molecule has 3 N–H and O–H groups in total. The molecule has 5 rings (SSSR count). The van der Waals surface area contributed by atoms with Crippen LogP contribution in [0, 0.1) is 0 Å². The maximum absolute atomic E-state index is 13.5. The number of aryl methyl sites for hydroxylation is 2. The largest absolute Gasteiger partial charge is 0.505 e. The van der Waals surface area contributed by atoms with E-state index >= 15 is 0 Å². The number of hydrogen-bond acceptors (Lipinski definition) is 5. The zero-order valence-electron chi connectivity index (χ0n) is 18.8. The van der Waals surface area contributed by atoms with Crippen molar-refractivity contribution in [2.24, 2.45) is 0 Å². The predicted octanol–water partition coefficient (Wildman–Crippen LogP) is 3.36. The van der Waals surface area contributed by atoms with Gasteiger partial charge in [-0.25, -0.2) is 9.78 Å². The van der Waals surface area contributed by atoms with Gasteiger partial charge in [-0.1, -0.05) is 60.7 Å². The van der Waals surface area contributed by atoms with Crippen molar-refractivity contribution in [1.29, 1.82) is 0 Å². The first kappa shape index (κ1) is 22.3. The Kier molecular flexibility index (Phi) is 5.56. The molecule has 1 aliphatic carbocycles. The number of aromatic hydroxyl groups is 1. The van der Waals surface area contributed by atoms with E-state index in [2.05, 4.69) is 10.3 Å². The van der Waals surface area contributed by atoms with Gasteiger partial charge < -0.3 is 20.1 Å². The number of amides is 1. The van der Waals surface area contributed by atoms with E-state index in [0.717, 1.165) is 5.56 Å². The Balaban J connectivity index is 1.62. The Morgan fingerprint density at radius 2 is 1.69 bits per heavy atom. The molecule has 1 fully saturated rings. The highest BCUT2D eigenvalue weighted by atomic mass is 16.4. The molecule has 1 aliphatic rings. The van der Waals surface area contributed by atoms with Crippen molar-refractivity contribution in [3.63, 3.8) is 0 Å². The van der Waals surface area contributed by atoms with Gasteiger partial charge in [0.05, 0.1) is 11.7 Å². The number of carbonyl (C=O) groups is 2. The molecule has 4 aromatic rings. The third kappa shape index (κ3) is 4.14. The third-order valence-corrected chi connectivity index (χ3v) is 6.41. The fraction of sp³-hybridized carbons (Fsp3) is 0.185. The molecule has 1 amide bonds. The number of fused-ring (bicyclic) bond motifs is 1. The number of rotatable bonds is 7. The van der Waals surface area contributed by atoms with Gasteiger partial charge in [-0.15, -0.1) is 0 Å². The number of pyridine rings is 2. The van der Waals surface area contributed by atoms with E-state index in [4.69, 9.17) is 0 Å². The molecule has 0 bridgehead atoms. The van der Waals surface area contributed by atoms with Crippen LogP contribution in [0.2, 0.25) is 0 Å². The Morgan fingerprint density at radius 3 is 2.31 bits per heavy atom. The molecule has 8 heteroatoms. The van der Waals surface area contributed by atoms with Gasteiger partial charge in [-0.3, -0.25) is 9.59 Å². The Hall–Kier alpha value is -4.46. The minimum absolute atomic E-state index is 0.235. The van der Waals surface area contributed by atoms with Crippen LogP contribution in [-0.2, 0) is 17.8 Å². The molecule has 2 heterocycles. The molecule has 8 nitrogen and oxygen atoms in total. The fourth-order valence-electron chi connectivity index (χ4n) is 4.22. The number of aliphatic carboxylic acids is 1. The van der Waals surface area contributed by atoms with Gasteiger partial charge in [-0.05, 0) is 36.5 Å². The number of aromatic nitrogens is 2. The Labute approximate surface area is 200 Å². The summed E-state index contributed by atoms with van der Waals surface area (Å²) in [6.07, 6.45) is 2.60. The van der Waals surface area contributed by atoms with Crippen LogP contribution in [-0.4, -0.2) is 37.2 Å². The molecule has 0 aliphatic heterocycles. The first-order chi connectivity index (χ1) is 16.9. The van der Waals surface area contributed by atoms with Crippen LogP contribution in [0.15, 0.2) is 77.7 Å². The molecule has 0 atom stereocenters. The summed E-state index contributed by atoms with van der Waals surface area (Å²) in [4.78, 5) is 41.9. The van der Waals surface area contributed by atoms with Crippen molar-refractivity contribution in [2.45, 2.75) is 31.3 Å². The number of benzene rings is 2. The van der Waals surface area contributed by atoms with Gasteiger partial charge in [0, 0.05) is 17.5 Å². The lowest BCUT2D eigenvalue weighted by molar-refractivity contribution is -0.140. The van der Waals surface area contributed by atoms with Crippen molar-refractivity contribution in [2.75, 3.05) is 0 Å². The normalized spacial score (nSPS) is 13.9. The average molecular weight is 469 g/mol. The summed E-state index contributed by atoms with van der Waals surface area (Å²) in [5, 5.41) is 23.2. The summed E-state index contributed by atoms with van der Waals surface area (Å²) in [6, 6.07) is 20.4. The quantitative estimate of drug-likeness (QED) is 0.382. The van der Waals surface area contributed by atoms with Crippen molar-refractivity contribution in [3.05, 3.63) is 94.5 Å². The van der Waals surface area contributed by atoms with Gasteiger partial charge in [0.25, 0.3) is 11.5 Å². The second-order valence-corrected chi connectivity index (χ2v) is 8.71. The highest BCUT2D eigenvalue weighted by Crippen LogP contribution is 2.37. The minimum Gasteiger partial charge on any atom is -0.505 e. The molecule has 1 saturated carbocycles. The number of nitrogens with one attached hydrogen (secondary N) is 1. The SMILES string of the molecule is O=C(NC1(C(=O)O)CC1)c1ncc2c(cc(-c3ccccc3)c(=O)n2CCc2ccccc2)c1O. The minimum atomic E-state index is -1.32. The zero-order chi connectivity index (χ0) is 24.6. The second kappa shape index (κ2) is 8.72. The molecular weight excluding hydrogens is 446 g/mol. The van der Waals surface area contributed by atoms with E-state index < -0.39 is 23.2 Å². The summed E-state index contributed by atoms with van der Waals surface area (Å²) in [7, 11) is 0. The van der Waals surface area contributed by atoms with Crippen LogP contribution in [0.1, 0.15) is 28.9 Å². The van der Waals surface area contributed by atoms with E-state index in [-0.39, 0.29) is 16.6 Å². The van der Waals surface area contributed by atoms with E-state index in [9.17, 15) is 24.6 Å². The molecule has 0 spiro atoms. The van der Waals surface area contributed by atoms with Crippen molar-refractivity contribution >= 4 is 22.8 Å². The number of carbonyl (C=O) groups excluding carboxylic acids is 1. The van der Waals surface area contributed by atoms with Crippen LogP contribution in [0.4, 0.5) is 0 Å². The van der Waals surface area contributed by atoms with E-state index in [0.29, 0.717) is 42.5 Å². The number of carboxylic acid groups (broad SMARTS) is 1. The third-order valence-electron chi connectivity index (χ3n) is 6.41. The number of carboxylic acids is 1. The lowest BCUT2D eigenvalue weighted by Gasteiger charge is -2.16. The molecule has 176 valence electrons. The van der Waals surface area contributed by atoms with E-state index in [1.807, 2.05) is 48.5 Å². The molecule has 0 unspecified atom stereocenters. The van der Waals surface area contributed by atoms with Gasteiger partial charge in [0.2, 0.25) is 0 Å². The van der Waals surface area contributed by atoms with Crippen molar-refractivity contribution in [3.8, 4) is 16.9 Å². The van der Waals surface area contributed by atoms with Crippen molar-refractivity contribution in [1.82, 2.24) is 14.9 Å². The van der Waals surface area contributed by atoms with Gasteiger partial charge in [0.15, 0.2) is 11.4 Å². The highest BCUT2D eigenvalue weighted by Gasteiger charge is 2.52. The standard InChI is InChI=1S/C27H23N3O5/c31-23-20-15-19(18-9-5-2-6-10-18)25(33)30(14-11-17-7-3-1-4-8-17)21(20)16-28-22(23)24(32)29-27(12-13-27)26(34)35/h1-10,15-16,31H,11-14H2,(H,29,32)(H,34,35). The average Bonchev–Trinajstić information content (AvgIpc) is 3.65.